The van der Waals surface area contributed by atoms with E-state index in [9.17, 15) is 0 Å². The van der Waals surface area contributed by atoms with Gasteiger partial charge in [0.2, 0.25) is 5.89 Å². The van der Waals surface area contributed by atoms with Gasteiger partial charge in [-0.05, 0) is 32.4 Å². The molecule has 0 saturated carbocycles. The molecule has 0 atom stereocenters. The average Bonchev–Trinajstić information content (AvgIpc) is 2.79. The zero-order valence-corrected chi connectivity index (χ0v) is 15.6. The molecular weight excluding hydrogens is 393 g/mol. The third kappa shape index (κ3) is 4.97. The molecule has 2 aromatic rings. The Morgan fingerprint density at radius 1 is 1.23 bits per heavy atom. The van der Waals surface area contributed by atoms with Crippen molar-refractivity contribution in [2.24, 2.45) is 4.99 Å². The number of halogens is 1. The van der Waals surface area contributed by atoms with Gasteiger partial charge in [-0.2, -0.15) is 0 Å². The van der Waals surface area contributed by atoms with Crippen LogP contribution in [0.1, 0.15) is 28.6 Å². The van der Waals surface area contributed by atoms with Gasteiger partial charge >= 0.3 is 0 Å². The molecule has 2 rings (SSSR count). The molecule has 6 nitrogen and oxygen atoms in total. The first kappa shape index (κ1) is 18.4. The van der Waals surface area contributed by atoms with Crippen molar-refractivity contribution in [2.75, 3.05) is 7.05 Å². The van der Waals surface area contributed by atoms with E-state index in [-0.39, 0.29) is 24.0 Å². The van der Waals surface area contributed by atoms with Crippen molar-refractivity contribution in [3.63, 3.8) is 0 Å². The highest BCUT2D eigenvalue weighted by molar-refractivity contribution is 14.0. The van der Waals surface area contributed by atoms with E-state index < -0.39 is 0 Å². The van der Waals surface area contributed by atoms with Gasteiger partial charge in [-0.3, -0.25) is 9.98 Å². The van der Waals surface area contributed by atoms with Crippen molar-refractivity contribution in [2.45, 2.75) is 33.9 Å². The highest BCUT2D eigenvalue weighted by Gasteiger charge is 2.07. The van der Waals surface area contributed by atoms with Gasteiger partial charge in [-0.25, -0.2) is 4.98 Å². The maximum absolute atomic E-state index is 5.52. The van der Waals surface area contributed by atoms with Gasteiger partial charge in [-0.1, -0.05) is 6.07 Å². The zero-order valence-electron chi connectivity index (χ0n) is 13.3. The summed E-state index contributed by atoms with van der Waals surface area (Å²) in [6.07, 6.45) is 1.79. The Hall–Kier alpha value is -1.64. The van der Waals surface area contributed by atoms with E-state index in [1.54, 1.807) is 13.2 Å². The van der Waals surface area contributed by atoms with E-state index in [2.05, 4.69) is 25.6 Å². The standard InChI is InChI=1S/C15H21N5O.HI/c1-10-6-5-7-17-13(10)8-18-15(16-4)19-9-14-20-11(2)12(3)21-14;/h5-7H,8-9H2,1-4H3,(H2,16,18,19);1H. The van der Waals surface area contributed by atoms with E-state index in [1.807, 2.05) is 32.9 Å². The van der Waals surface area contributed by atoms with Crippen molar-refractivity contribution in [3.8, 4) is 0 Å². The SMILES string of the molecule is CN=C(NCc1nc(C)c(C)o1)NCc1ncccc1C.I. The lowest BCUT2D eigenvalue weighted by atomic mass is 10.2. The summed E-state index contributed by atoms with van der Waals surface area (Å²) < 4.78 is 5.52. The molecule has 0 radical (unpaired) electrons. The van der Waals surface area contributed by atoms with E-state index in [0.717, 1.165) is 22.7 Å². The van der Waals surface area contributed by atoms with E-state index >= 15 is 0 Å². The van der Waals surface area contributed by atoms with Crippen LogP contribution in [0.4, 0.5) is 0 Å². The molecule has 0 fully saturated rings. The summed E-state index contributed by atoms with van der Waals surface area (Å²) in [5, 5.41) is 6.40. The fourth-order valence-corrected chi connectivity index (χ4v) is 1.87. The Balaban J connectivity index is 0.00000242. The number of guanidine groups is 1. The Morgan fingerprint density at radius 2 is 1.95 bits per heavy atom. The number of nitrogens with one attached hydrogen (secondary N) is 2. The number of nitrogens with zero attached hydrogens (tertiary/aromatic N) is 3. The van der Waals surface area contributed by atoms with Gasteiger partial charge in [0, 0.05) is 13.2 Å². The number of hydrogen-bond acceptors (Lipinski definition) is 4. The summed E-state index contributed by atoms with van der Waals surface area (Å²) in [6, 6.07) is 3.97. The van der Waals surface area contributed by atoms with Crippen LogP contribution in [0.25, 0.3) is 0 Å². The number of hydrogen-bond donors (Lipinski definition) is 2. The molecule has 0 bridgehead atoms. The number of rotatable bonds is 4. The number of aliphatic imine (C=N–C) groups is 1. The minimum absolute atomic E-state index is 0. The second kappa shape index (κ2) is 8.72. The maximum Gasteiger partial charge on any atom is 0.214 e. The van der Waals surface area contributed by atoms with Crippen molar-refractivity contribution >= 4 is 29.9 Å². The van der Waals surface area contributed by atoms with Crippen LogP contribution in [0.3, 0.4) is 0 Å². The summed E-state index contributed by atoms with van der Waals surface area (Å²) in [4.78, 5) is 12.8. The fourth-order valence-electron chi connectivity index (χ4n) is 1.87. The van der Waals surface area contributed by atoms with Gasteiger partial charge in [0.05, 0.1) is 24.5 Å². The van der Waals surface area contributed by atoms with Gasteiger partial charge in [-0.15, -0.1) is 24.0 Å². The van der Waals surface area contributed by atoms with E-state index in [4.69, 9.17) is 4.42 Å². The van der Waals surface area contributed by atoms with Gasteiger partial charge in [0.15, 0.2) is 5.96 Å². The molecule has 0 amide bonds. The van der Waals surface area contributed by atoms with Crippen LogP contribution in [0.2, 0.25) is 0 Å². The van der Waals surface area contributed by atoms with E-state index in [0.29, 0.717) is 24.9 Å². The molecule has 2 N–H and O–H groups in total. The molecule has 0 aromatic carbocycles. The van der Waals surface area contributed by atoms with Crippen molar-refractivity contribution in [3.05, 3.63) is 46.9 Å². The van der Waals surface area contributed by atoms with Crippen LogP contribution >= 0.6 is 24.0 Å². The van der Waals surface area contributed by atoms with Crippen molar-refractivity contribution in [1.29, 1.82) is 0 Å². The molecule has 0 saturated heterocycles. The summed E-state index contributed by atoms with van der Waals surface area (Å²) in [5.41, 5.74) is 3.07. The second-order valence-corrected chi connectivity index (χ2v) is 4.80. The minimum Gasteiger partial charge on any atom is -0.444 e. The monoisotopic (exact) mass is 415 g/mol. The number of pyridine rings is 1. The maximum atomic E-state index is 5.52. The van der Waals surface area contributed by atoms with Crippen molar-refractivity contribution < 1.29 is 4.42 Å². The molecule has 22 heavy (non-hydrogen) atoms. The van der Waals surface area contributed by atoms with Crippen LogP contribution in [-0.4, -0.2) is 23.0 Å². The predicted molar refractivity (Wildman–Crippen MR) is 97.4 cm³/mol. The van der Waals surface area contributed by atoms with Crippen LogP contribution in [0, 0.1) is 20.8 Å². The lowest BCUT2D eigenvalue weighted by Gasteiger charge is -2.11. The second-order valence-electron chi connectivity index (χ2n) is 4.80. The number of aromatic nitrogens is 2. The first-order chi connectivity index (χ1) is 10.1. The lowest BCUT2D eigenvalue weighted by Crippen LogP contribution is -2.36. The summed E-state index contributed by atoms with van der Waals surface area (Å²) in [5.74, 6) is 2.19. The quantitative estimate of drug-likeness (QED) is 0.456. The Bertz CT molecular complexity index is 619. The van der Waals surface area contributed by atoms with Gasteiger partial charge < -0.3 is 15.1 Å². The molecule has 0 spiro atoms. The summed E-state index contributed by atoms with van der Waals surface area (Å²) in [6.45, 7) is 6.99. The van der Waals surface area contributed by atoms with Crippen LogP contribution in [0.15, 0.2) is 27.7 Å². The average molecular weight is 415 g/mol. The molecular formula is C15H22IN5O. The zero-order chi connectivity index (χ0) is 15.2. The van der Waals surface area contributed by atoms with Gasteiger partial charge in [0.1, 0.15) is 5.76 Å². The molecule has 0 unspecified atom stereocenters. The predicted octanol–water partition coefficient (Wildman–Crippen LogP) is 2.48. The molecule has 2 aromatic heterocycles. The van der Waals surface area contributed by atoms with Crippen LogP contribution < -0.4 is 10.6 Å². The molecule has 120 valence electrons. The van der Waals surface area contributed by atoms with Gasteiger partial charge in [0.25, 0.3) is 0 Å². The number of aryl methyl sites for hydroxylation is 3. The Morgan fingerprint density at radius 3 is 2.55 bits per heavy atom. The van der Waals surface area contributed by atoms with Crippen LogP contribution in [-0.2, 0) is 13.1 Å². The molecule has 2 heterocycles. The first-order valence-corrected chi connectivity index (χ1v) is 6.88. The highest BCUT2D eigenvalue weighted by atomic mass is 127. The summed E-state index contributed by atoms with van der Waals surface area (Å²) >= 11 is 0. The normalized spacial score (nSPS) is 11.0. The van der Waals surface area contributed by atoms with Crippen LogP contribution in [0.5, 0.6) is 0 Å². The summed E-state index contributed by atoms with van der Waals surface area (Å²) in [7, 11) is 1.73. The fraction of sp³-hybridized carbons (Fsp3) is 0.400. The van der Waals surface area contributed by atoms with Crippen molar-refractivity contribution in [1.82, 2.24) is 20.6 Å². The minimum atomic E-state index is 0. The Labute approximate surface area is 147 Å². The molecule has 0 aliphatic heterocycles. The third-order valence-electron chi connectivity index (χ3n) is 3.24. The highest BCUT2D eigenvalue weighted by Crippen LogP contribution is 2.07. The topological polar surface area (TPSA) is 75.3 Å². The molecule has 7 heteroatoms. The molecule has 0 aliphatic carbocycles. The van der Waals surface area contributed by atoms with E-state index in [1.165, 1.54) is 0 Å². The smallest absolute Gasteiger partial charge is 0.214 e. The third-order valence-corrected chi connectivity index (χ3v) is 3.24. The number of oxazole rings is 1. The Kier molecular flexibility index (Phi) is 7.30. The molecule has 0 aliphatic rings. The lowest BCUT2D eigenvalue weighted by molar-refractivity contribution is 0.463. The largest absolute Gasteiger partial charge is 0.444 e. The first-order valence-electron chi connectivity index (χ1n) is 6.88.